The summed E-state index contributed by atoms with van der Waals surface area (Å²) in [6.45, 7) is 5.61. The fraction of sp³-hybridized carbons (Fsp3) is 0.500. The molecular formula is C48H64N2O4. The van der Waals surface area contributed by atoms with E-state index in [-0.39, 0.29) is 12.0 Å². The topological polar surface area (TPSA) is 72.0 Å². The van der Waals surface area contributed by atoms with E-state index in [9.17, 15) is 5.11 Å². The van der Waals surface area contributed by atoms with Gasteiger partial charge in [0, 0.05) is 50.8 Å². The van der Waals surface area contributed by atoms with Gasteiger partial charge in [-0.1, -0.05) is 110 Å². The van der Waals surface area contributed by atoms with Gasteiger partial charge in [0.1, 0.15) is 11.5 Å². The van der Waals surface area contributed by atoms with Crippen molar-refractivity contribution in [3.05, 3.63) is 131 Å². The second-order valence-corrected chi connectivity index (χ2v) is 15.6. The molecule has 4 aromatic rings. The van der Waals surface area contributed by atoms with E-state index in [1.807, 2.05) is 48.5 Å². The zero-order chi connectivity index (χ0) is 37.3. The van der Waals surface area contributed by atoms with E-state index in [0.717, 1.165) is 107 Å². The monoisotopic (exact) mass is 732 g/mol. The number of hydrogen-bond acceptors (Lipinski definition) is 6. The van der Waals surface area contributed by atoms with Gasteiger partial charge in [-0.2, -0.15) is 0 Å². The maximum Gasteiger partial charge on any atom is 0.133 e. The lowest BCUT2D eigenvalue weighted by Crippen LogP contribution is -2.44. The zero-order valence-electron chi connectivity index (χ0n) is 32.6. The quantitative estimate of drug-likeness (QED) is 0.0886. The molecule has 3 fully saturated rings. The van der Waals surface area contributed by atoms with Crippen molar-refractivity contribution in [2.45, 2.75) is 88.8 Å². The van der Waals surface area contributed by atoms with Crippen LogP contribution in [-0.4, -0.2) is 51.6 Å². The highest BCUT2D eigenvalue weighted by Gasteiger charge is 2.41. The molecule has 1 saturated carbocycles. The van der Waals surface area contributed by atoms with Crippen LogP contribution in [0.15, 0.2) is 109 Å². The summed E-state index contributed by atoms with van der Waals surface area (Å²) in [4.78, 5) is 0. The van der Waals surface area contributed by atoms with Crippen molar-refractivity contribution >= 4 is 0 Å². The molecule has 2 aliphatic heterocycles. The first kappa shape index (κ1) is 40.2. The van der Waals surface area contributed by atoms with Gasteiger partial charge in [-0.3, -0.25) is 0 Å². The van der Waals surface area contributed by atoms with Crippen LogP contribution in [0, 0.1) is 17.8 Å². The molecule has 290 valence electrons. The summed E-state index contributed by atoms with van der Waals surface area (Å²) in [6, 6.07) is 37.6. The minimum Gasteiger partial charge on any atom is -0.457 e. The second kappa shape index (κ2) is 21.5. The standard InChI is InChI=1S/C24H31NO2.C24H33NO2/c26-24(16-6-8-19-14-15-19,20-9-7-17-25-18-20)22-12-4-5-13-23(22)27-21-10-2-1-3-11-21;1-26-17-8-18-27-24(22-12-7-16-25-19-22)23-13-6-5-11-21(23)15-14-20-9-3-2-4-10-20/h1-5,10-13,19-20,25-26H,6-9,14-18H2;2-6,9-11,13,22,24-25H,7-8,12,14-19H2,1H3/t20-,24+;22-,24-/m11/s1. The number of piperidine rings is 2. The molecule has 3 N–H and O–H groups in total. The third-order valence-electron chi connectivity index (χ3n) is 11.6. The van der Waals surface area contributed by atoms with E-state index >= 15 is 0 Å². The Bertz CT molecular complexity index is 1620. The van der Waals surface area contributed by atoms with Gasteiger partial charge in [0.2, 0.25) is 0 Å². The largest absolute Gasteiger partial charge is 0.457 e. The number of rotatable bonds is 18. The molecule has 3 aliphatic rings. The lowest BCUT2D eigenvalue weighted by molar-refractivity contribution is -0.0441. The summed E-state index contributed by atoms with van der Waals surface area (Å²) < 4.78 is 17.8. The lowest BCUT2D eigenvalue weighted by Gasteiger charge is -2.40. The number of methoxy groups -OCH3 is 1. The maximum absolute atomic E-state index is 12.0. The highest BCUT2D eigenvalue weighted by atomic mass is 16.5. The normalized spacial score (nSPS) is 20.3. The van der Waals surface area contributed by atoms with Gasteiger partial charge in [0.25, 0.3) is 0 Å². The number of nitrogens with one attached hydrogen (secondary N) is 2. The number of aliphatic hydroxyl groups is 1. The van der Waals surface area contributed by atoms with Gasteiger partial charge in [-0.25, -0.2) is 0 Å². The van der Waals surface area contributed by atoms with Crippen LogP contribution >= 0.6 is 0 Å². The molecule has 4 atom stereocenters. The van der Waals surface area contributed by atoms with E-state index in [0.29, 0.717) is 5.92 Å². The van der Waals surface area contributed by atoms with Crippen molar-refractivity contribution in [2.75, 3.05) is 46.5 Å². The van der Waals surface area contributed by atoms with Gasteiger partial charge in [-0.15, -0.1) is 0 Å². The molecule has 0 aromatic heterocycles. The van der Waals surface area contributed by atoms with Crippen molar-refractivity contribution in [3.8, 4) is 11.5 Å². The number of ether oxygens (including phenoxy) is 3. The van der Waals surface area contributed by atoms with Crippen LogP contribution in [0.1, 0.15) is 92.6 Å². The Morgan fingerprint density at radius 3 is 2.15 bits per heavy atom. The molecular weight excluding hydrogens is 669 g/mol. The molecule has 1 aliphatic carbocycles. The first-order valence-electron chi connectivity index (χ1n) is 20.8. The first-order valence-corrected chi connectivity index (χ1v) is 20.8. The van der Waals surface area contributed by atoms with Gasteiger partial charge < -0.3 is 30.0 Å². The molecule has 2 heterocycles. The molecule has 6 heteroatoms. The van der Waals surface area contributed by atoms with Crippen LogP contribution in [-0.2, 0) is 27.9 Å². The summed E-state index contributed by atoms with van der Waals surface area (Å²) >= 11 is 0. The smallest absolute Gasteiger partial charge is 0.133 e. The zero-order valence-corrected chi connectivity index (χ0v) is 32.6. The van der Waals surface area contributed by atoms with E-state index in [4.69, 9.17) is 14.2 Å². The van der Waals surface area contributed by atoms with Crippen molar-refractivity contribution in [1.82, 2.24) is 10.6 Å². The van der Waals surface area contributed by atoms with Crippen molar-refractivity contribution in [3.63, 3.8) is 0 Å². The Labute approximate surface area is 325 Å². The molecule has 0 bridgehead atoms. The predicted octanol–water partition coefficient (Wildman–Crippen LogP) is 9.81. The Morgan fingerprint density at radius 1 is 0.722 bits per heavy atom. The molecule has 0 spiro atoms. The van der Waals surface area contributed by atoms with Gasteiger partial charge >= 0.3 is 0 Å². The lowest BCUT2D eigenvalue weighted by atomic mass is 9.74. The van der Waals surface area contributed by atoms with Crippen molar-refractivity contribution in [1.29, 1.82) is 0 Å². The first-order chi connectivity index (χ1) is 26.6. The minimum atomic E-state index is -0.840. The van der Waals surface area contributed by atoms with E-state index in [1.165, 1.54) is 48.8 Å². The molecule has 7 rings (SSSR count). The second-order valence-electron chi connectivity index (χ2n) is 15.6. The van der Waals surface area contributed by atoms with Crippen molar-refractivity contribution in [2.24, 2.45) is 17.8 Å². The number of benzene rings is 4. The fourth-order valence-corrected chi connectivity index (χ4v) is 8.41. The Kier molecular flexibility index (Phi) is 16.0. The SMILES string of the molecule is COCCCO[C@@H](c1ccccc1CCc1ccccc1)[C@@H]1CCCNC1.O[C@](CCCC1CC1)(c1ccccc1Oc1ccccc1)[C@@H]1CCCNC1. The third kappa shape index (κ3) is 12.0. The van der Waals surface area contributed by atoms with E-state index < -0.39 is 5.60 Å². The maximum atomic E-state index is 12.0. The van der Waals surface area contributed by atoms with Gasteiger partial charge in [0.05, 0.1) is 11.7 Å². The highest BCUT2D eigenvalue weighted by Crippen LogP contribution is 2.45. The van der Waals surface area contributed by atoms with Crippen LogP contribution in [0.2, 0.25) is 0 Å². The summed E-state index contributed by atoms with van der Waals surface area (Å²) in [5, 5.41) is 19.0. The summed E-state index contributed by atoms with van der Waals surface area (Å²) in [7, 11) is 1.75. The van der Waals surface area contributed by atoms with Crippen LogP contribution < -0.4 is 15.4 Å². The predicted molar refractivity (Wildman–Crippen MR) is 220 cm³/mol. The summed E-state index contributed by atoms with van der Waals surface area (Å²) in [5.74, 6) is 3.26. The van der Waals surface area contributed by atoms with Crippen molar-refractivity contribution < 1.29 is 19.3 Å². The molecule has 0 amide bonds. The average Bonchev–Trinajstić information content (AvgIpc) is 4.07. The molecule has 54 heavy (non-hydrogen) atoms. The minimum absolute atomic E-state index is 0.168. The van der Waals surface area contributed by atoms with Gasteiger partial charge in [-0.05, 0) is 112 Å². The van der Waals surface area contributed by atoms with Gasteiger partial charge in [0.15, 0.2) is 0 Å². The average molecular weight is 733 g/mol. The summed E-state index contributed by atoms with van der Waals surface area (Å²) in [5.41, 5.74) is 4.29. The number of hydrogen-bond donors (Lipinski definition) is 3. The van der Waals surface area contributed by atoms with Crippen LogP contribution in [0.4, 0.5) is 0 Å². The molecule has 2 saturated heterocycles. The van der Waals surface area contributed by atoms with Crippen LogP contribution in [0.25, 0.3) is 0 Å². The molecule has 0 unspecified atom stereocenters. The number of para-hydroxylation sites is 2. The molecule has 6 nitrogen and oxygen atoms in total. The Morgan fingerprint density at radius 2 is 1.43 bits per heavy atom. The molecule has 4 aromatic carbocycles. The van der Waals surface area contributed by atoms with Crippen LogP contribution in [0.3, 0.4) is 0 Å². The number of aryl methyl sites for hydroxylation is 2. The Balaban J connectivity index is 0.000000184. The van der Waals surface area contributed by atoms with Crippen LogP contribution in [0.5, 0.6) is 11.5 Å². The highest BCUT2D eigenvalue weighted by molar-refractivity contribution is 5.42. The molecule has 0 radical (unpaired) electrons. The van der Waals surface area contributed by atoms with E-state index in [2.05, 4.69) is 71.3 Å². The Hall–Kier alpha value is -3.52. The summed E-state index contributed by atoms with van der Waals surface area (Å²) in [6.07, 6.45) is 13.8. The fourth-order valence-electron chi connectivity index (χ4n) is 8.41. The van der Waals surface area contributed by atoms with E-state index in [1.54, 1.807) is 7.11 Å². The third-order valence-corrected chi connectivity index (χ3v) is 11.6.